The van der Waals surface area contributed by atoms with Gasteiger partial charge in [0.2, 0.25) is 36.1 Å². The van der Waals surface area contributed by atoms with Gasteiger partial charge in [0.1, 0.15) is 0 Å². The van der Waals surface area contributed by atoms with E-state index in [-0.39, 0.29) is 11.8 Å². The Hall–Kier alpha value is -4.60. The molecule has 2 aliphatic heterocycles. The van der Waals surface area contributed by atoms with Gasteiger partial charge in [-0.05, 0) is 36.4 Å². The lowest BCUT2D eigenvalue weighted by Crippen LogP contribution is -2.25. The minimum atomic E-state index is -0.687. The molecular formula is C24H20N6O4. The lowest BCUT2D eigenvalue weighted by Gasteiger charge is -2.18. The summed E-state index contributed by atoms with van der Waals surface area (Å²) in [5, 5.41) is 11.3. The zero-order chi connectivity index (χ0) is 23.7. The van der Waals surface area contributed by atoms with Crippen molar-refractivity contribution in [3.8, 4) is 0 Å². The molecule has 1 aromatic carbocycles. The van der Waals surface area contributed by atoms with Gasteiger partial charge in [-0.2, -0.15) is 10.0 Å². The third kappa shape index (κ3) is 3.96. The van der Waals surface area contributed by atoms with Crippen molar-refractivity contribution in [3.63, 3.8) is 0 Å². The van der Waals surface area contributed by atoms with Crippen molar-refractivity contribution in [2.24, 2.45) is 10.2 Å². The minimum absolute atomic E-state index is 0.250. The number of carbonyl (C=O) groups is 2. The normalized spacial score (nSPS) is 19.2. The van der Waals surface area contributed by atoms with Crippen LogP contribution in [0.1, 0.15) is 48.6 Å². The zero-order valence-corrected chi connectivity index (χ0v) is 18.4. The van der Waals surface area contributed by atoms with E-state index in [0.717, 1.165) is 0 Å². The number of hydrazone groups is 2. The summed E-state index contributed by atoms with van der Waals surface area (Å²) in [6.45, 7) is 2.86. The van der Waals surface area contributed by atoms with E-state index in [1.807, 2.05) is 12.1 Å². The van der Waals surface area contributed by atoms with E-state index >= 15 is 0 Å². The van der Waals surface area contributed by atoms with Gasteiger partial charge in [-0.15, -0.1) is 10.2 Å². The number of aromatic nitrogens is 2. The number of hydrogen-bond acceptors (Lipinski definition) is 8. The second kappa shape index (κ2) is 8.74. The number of carbonyl (C=O) groups excluding carboxylic acids is 2. The van der Waals surface area contributed by atoms with Gasteiger partial charge >= 0.3 is 0 Å². The lowest BCUT2D eigenvalue weighted by molar-refractivity contribution is -0.136. The van der Waals surface area contributed by atoms with E-state index in [1.54, 1.807) is 61.2 Å². The van der Waals surface area contributed by atoms with Crippen LogP contribution in [0.2, 0.25) is 0 Å². The van der Waals surface area contributed by atoms with Crippen molar-refractivity contribution in [3.05, 3.63) is 95.6 Å². The molecule has 2 unspecified atom stereocenters. The van der Waals surface area contributed by atoms with E-state index in [1.165, 1.54) is 23.9 Å². The predicted molar refractivity (Wildman–Crippen MR) is 121 cm³/mol. The summed E-state index contributed by atoms with van der Waals surface area (Å²) in [7, 11) is 0. The van der Waals surface area contributed by atoms with Crippen molar-refractivity contribution in [2.45, 2.75) is 26.3 Å². The quantitative estimate of drug-likeness (QED) is 0.597. The number of rotatable bonds is 4. The summed E-state index contributed by atoms with van der Waals surface area (Å²) in [5.74, 6) is 0.117. The number of nitrogens with zero attached hydrogens (tertiary/aromatic N) is 6. The second-order valence-corrected chi connectivity index (χ2v) is 7.63. The highest BCUT2D eigenvalue weighted by atomic mass is 16.5. The van der Waals surface area contributed by atoms with E-state index < -0.39 is 12.5 Å². The molecular weight excluding hydrogens is 436 g/mol. The Bertz CT molecular complexity index is 1180. The molecule has 0 saturated carbocycles. The fraction of sp³-hybridized carbons (Fsp3) is 0.167. The lowest BCUT2D eigenvalue weighted by atomic mass is 10.1. The number of ether oxygens (including phenoxy) is 2. The van der Waals surface area contributed by atoms with Crippen LogP contribution in [0.15, 0.2) is 83.5 Å². The molecule has 170 valence electrons. The van der Waals surface area contributed by atoms with Crippen molar-refractivity contribution < 1.29 is 19.1 Å². The average Bonchev–Trinajstić information content (AvgIpc) is 3.51. The van der Waals surface area contributed by atoms with Crippen LogP contribution in [-0.4, -0.2) is 43.6 Å². The van der Waals surface area contributed by atoms with Crippen molar-refractivity contribution in [1.29, 1.82) is 0 Å². The van der Waals surface area contributed by atoms with Crippen molar-refractivity contribution in [2.75, 3.05) is 0 Å². The maximum atomic E-state index is 12.1. The maximum Gasteiger partial charge on any atom is 0.243 e. The molecule has 0 spiro atoms. The molecule has 5 rings (SSSR count). The molecule has 2 aromatic heterocycles. The number of pyridine rings is 2. The zero-order valence-electron chi connectivity index (χ0n) is 18.4. The molecule has 2 amide bonds. The van der Waals surface area contributed by atoms with Crippen LogP contribution in [0.3, 0.4) is 0 Å². The molecule has 0 aliphatic carbocycles. The Kier molecular flexibility index (Phi) is 5.46. The van der Waals surface area contributed by atoms with Gasteiger partial charge in [-0.25, -0.2) is 0 Å². The molecule has 4 heterocycles. The Morgan fingerprint density at radius 1 is 0.706 bits per heavy atom. The topological polar surface area (TPSA) is 110 Å². The average molecular weight is 456 g/mol. The molecule has 2 aliphatic rings. The molecule has 34 heavy (non-hydrogen) atoms. The third-order valence-corrected chi connectivity index (χ3v) is 5.25. The van der Waals surface area contributed by atoms with Crippen LogP contribution < -0.4 is 0 Å². The standard InChI is InChI=1S/C24H20N6O4/c1-15(31)29-23(19-5-3-11-25-13-19)33-21(27-29)17-7-9-18(10-8-17)22-28-30(16(2)32)24(34-22)20-6-4-12-26-14-20/h3-14,23-24H,1-2H3. The van der Waals surface area contributed by atoms with Gasteiger partial charge in [0.25, 0.3) is 0 Å². The first-order valence-electron chi connectivity index (χ1n) is 10.5. The Balaban J connectivity index is 1.38. The van der Waals surface area contributed by atoms with Crippen molar-refractivity contribution >= 4 is 23.6 Å². The SMILES string of the molecule is CC(=O)N1N=C(c2ccc(C3=NN(C(C)=O)C(c4cccnc4)O3)cc2)OC1c1cccnc1. The predicted octanol–water partition coefficient (Wildman–Crippen LogP) is 2.95. The first-order valence-corrected chi connectivity index (χ1v) is 10.5. The summed E-state index contributed by atoms with van der Waals surface area (Å²) in [4.78, 5) is 32.4. The molecule has 10 heteroatoms. The van der Waals surface area contributed by atoms with Gasteiger partial charge < -0.3 is 9.47 Å². The van der Waals surface area contributed by atoms with Crippen LogP contribution >= 0.6 is 0 Å². The fourth-order valence-corrected chi connectivity index (χ4v) is 3.60. The molecule has 0 bridgehead atoms. The Labute approximate surface area is 195 Å². The van der Waals surface area contributed by atoms with Crippen molar-refractivity contribution in [1.82, 2.24) is 20.0 Å². The van der Waals surface area contributed by atoms with Crippen LogP contribution in [0.5, 0.6) is 0 Å². The molecule has 3 aromatic rings. The number of hydrogen-bond donors (Lipinski definition) is 0. The highest BCUT2D eigenvalue weighted by Gasteiger charge is 2.35. The first-order chi connectivity index (χ1) is 16.5. The molecule has 10 nitrogen and oxygen atoms in total. The molecule has 0 saturated heterocycles. The number of amides is 2. The van der Waals surface area contributed by atoms with E-state index in [4.69, 9.17) is 9.47 Å². The Morgan fingerprint density at radius 2 is 1.12 bits per heavy atom. The Morgan fingerprint density at radius 3 is 1.44 bits per heavy atom. The second-order valence-electron chi connectivity index (χ2n) is 7.63. The summed E-state index contributed by atoms with van der Waals surface area (Å²) in [6.07, 6.45) is 5.20. The van der Waals surface area contributed by atoms with Crippen LogP contribution in [0.4, 0.5) is 0 Å². The third-order valence-electron chi connectivity index (χ3n) is 5.25. The minimum Gasteiger partial charge on any atom is -0.446 e. The maximum absolute atomic E-state index is 12.1. The molecule has 0 radical (unpaired) electrons. The molecule has 0 N–H and O–H groups in total. The highest BCUT2D eigenvalue weighted by molar-refractivity contribution is 5.99. The van der Waals surface area contributed by atoms with Gasteiger partial charge in [0, 0.05) is 60.9 Å². The van der Waals surface area contributed by atoms with E-state index in [0.29, 0.717) is 34.0 Å². The first kappa shape index (κ1) is 21.3. The summed E-state index contributed by atoms with van der Waals surface area (Å²) < 4.78 is 12.0. The molecule has 0 fully saturated rings. The highest BCUT2D eigenvalue weighted by Crippen LogP contribution is 2.32. The van der Waals surface area contributed by atoms with Gasteiger partial charge in [-0.3, -0.25) is 19.6 Å². The fourth-order valence-electron chi connectivity index (χ4n) is 3.60. The monoisotopic (exact) mass is 456 g/mol. The van der Waals surface area contributed by atoms with E-state index in [9.17, 15) is 9.59 Å². The van der Waals surface area contributed by atoms with Crippen LogP contribution in [0.25, 0.3) is 0 Å². The van der Waals surface area contributed by atoms with E-state index in [2.05, 4.69) is 20.2 Å². The van der Waals surface area contributed by atoms with Crippen LogP contribution in [0, 0.1) is 0 Å². The largest absolute Gasteiger partial charge is 0.446 e. The van der Waals surface area contributed by atoms with Gasteiger partial charge in [-0.1, -0.05) is 12.1 Å². The smallest absolute Gasteiger partial charge is 0.243 e. The summed E-state index contributed by atoms with van der Waals surface area (Å²) >= 11 is 0. The number of benzene rings is 1. The summed E-state index contributed by atoms with van der Waals surface area (Å²) in [6, 6.07) is 14.4. The van der Waals surface area contributed by atoms with Gasteiger partial charge in [0.15, 0.2) is 0 Å². The van der Waals surface area contributed by atoms with Crippen LogP contribution in [-0.2, 0) is 19.1 Å². The molecule has 2 atom stereocenters. The van der Waals surface area contributed by atoms with Gasteiger partial charge in [0.05, 0.1) is 0 Å². The summed E-state index contributed by atoms with van der Waals surface area (Å²) in [5.41, 5.74) is 2.78.